The number of imidazole rings is 1. The standard InChI is InChI=1S/C19H10Cl2N4O2S/c20-11-6-14-15(7-12(11)21)24-17(23-14)8-1-2-13-9(3-8)4-10(22-13)5-16-18(26)25-19(27)28-16/h1-7,26H,(H,23,24)(H,25,27). The Balaban J connectivity index is 1.58. The highest BCUT2D eigenvalue weighted by atomic mass is 35.5. The van der Waals surface area contributed by atoms with Gasteiger partial charge in [0.1, 0.15) is 5.82 Å². The molecule has 0 spiro atoms. The molecule has 3 N–H and O–H groups in total. The molecule has 3 heterocycles. The van der Waals surface area contributed by atoms with E-state index in [1.807, 2.05) is 24.3 Å². The molecule has 2 aromatic carbocycles. The number of aromatic amines is 2. The zero-order chi connectivity index (χ0) is 19.4. The number of allylic oxidation sites excluding steroid dienone is 1. The Morgan fingerprint density at radius 1 is 1.11 bits per heavy atom. The third-order valence-corrected chi connectivity index (χ3v) is 5.85. The van der Waals surface area contributed by atoms with E-state index in [0.717, 1.165) is 38.5 Å². The second-order valence-electron chi connectivity index (χ2n) is 6.20. The minimum atomic E-state index is -0.313. The maximum Gasteiger partial charge on any atom is 0.307 e. The summed E-state index contributed by atoms with van der Waals surface area (Å²) >= 11 is 13.1. The van der Waals surface area contributed by atoms with Crippen molar-refractivity contribution in [3.8, 4) is 17.3 Å². The van der Waals surface area contributed by atoms with Crippen molar-refractivity contribution >= 4 is 57.7 Å². The second kappa shape index (κ2) is 6.34. The summed E-state index contributed by atoms with van der Waals surface area (Å²) in [6.45, 7) is 0. The lowest BCUT2D eigenvalue weighted by Crippen LogP contribution is -2.20. The van der Waals surface area contributed by atoms with Crippen molar-refractivity contribution in [2.24, 2.45) is 4.99 Å². The van der Waals surface area contributed by atoms with E-state index < -0.39 is 0 Å². The van der Waals surface area contributed by atoms with E-state index in [4.69, 9.17) is 23.2 Å². The number of aromatic nitrogens is 3. The number of rotatable bonds is 2. The van der Waals surface area contributed by atoms with E-state index in [2.05, 4.69) is 19.9 Å². The van der Waals surface area contributed by atoms with Crippen LogP contribution in [-0.2, 0) is 0 Å². The monoisotopic (exact) mass is 428 g/mol. The first-order valence-electron chi connectivity index (χ1n) is 8.16. The molecule has 1 aliphatic rings. The van der Waals surface area contributed by atoms with Crippen LogP contribution in [0.1, 0.15) is 4.88 Å². The normalized spacial score (nSPS) is 14.3. The molecule has 0 radical (unpaired) electrons. The highest BCUT2D eigenvalue weighted by molar-refractivity contribution is 7.10. The number of hydrogen-bond donors (Lipinski definition) is 3. The van der Waals surface area contributed by atoms with Gasteiger partial charge in [0.15, 0.2) is 0 Å². The predicted octanol–water partition coefficient (Wildman–Crippen LogP) is 3.45. The van der Waals surface area contributed by atoms with Gasteiger partial charge in [-0.3, -0.25) is 9.78 Å². The van der Waals surface area contributed by atoms with Crippen LogP contribution in [0.2, 0.25) is 10.0 Å². The quantitative estimate of drug-likeness (QED) is 0.456. The van der Waals surface area contributed by atoms with Crippen LogP contribution >= 0.6 is 34.5 Å². The topological polar surface area (TPSA) is 94.1 Å². The van der Waals surface area contributed by atoms with Crippen molar-refractivity contribution in [2.45, 2.75) is 0 Å². The van der Waals surface area contributed by atoms with Crippen molar-refractivity contribution in [1.29, 1.82) is 0 Å². The summed E-state index contributed by atoms with van der Waals surface area (Å²) in [5.41, 5.74) is 3.08. The maximum absolute atomic E-state index is 11.3. The Morgan fingerprint density at radius 2 is 1.93 bits per heavy atom. The molecule has 0 bridgehead atoms. The molecular formula is C19H10Cl2N4O2S. The molecule has 0 amide bonds. The summed E-state index contributed by atoms with van der Waals surface area (Å²) in [7, 11) is 0. The number of benzene rings is 2. The molecule has 0 unspecified atom stereocenters. The zero-order valence-electron chi connectivity index (χ0n) is 14.0. The van der Waals surface area contributed by atoms with E-state index >= 15 is 0 Å². The first-order valence-corrected chi connectivity index (χ1v) is 9.73. The molecule has 0 fully saturated rings. The summed E-state index contributed by atoms with van der Waals surface area (Å²) in [5, 5.41) is 12.4. The Kier molecular flexibility index (Phi) is 3.90. The molecule has 0 saturated carbocycles. The number of halogens is 2. The number of H-pyrrole nitrogens is 2. The fraction of sp³-hybridized carbons (Fsp3) is 0. The molecular weight excluding hydrogens is 419 g/mol. The Morgan fingerprint density at radius 3 is 2.71 bits per heavy atom. The van der Waals surface area contributed by atoms with Gasteiger partial charge in [-0.25, -0.2) is 9.98 Å². The molecule has 1 aliphatic heterocycles. The van der Waals surface area contributed by atoms with Crippen LogP contribution in [0.4, 0.5) is 0 Å². The van der Waals surface area contributed by atoms with E-state index in [1.165, 1.54) is 0 Å². The van der Waals surface area contributed by atoms with Crippen LogP contribution in [0.5, 0.6) is 5.88 Å². The Labute approximate surface area is 171 Å². The number of nitrogens with zero attached hydrogens (tertiary/aromatic N) is 2. The molecule has 6 nitrogen and oxygen atoms in total. The zero-order valence-corrected chi connectivity index (χ0v) is 16.3. The molecule has 4 aromatic rings. The SMILES string of the molecule is O=c1[nH]c(O)c(C=C2C=c3cc(-c4nc5cc(Cl)c(Cl)cc5[nH]4)ccc3=N2)s1. The molecule has 28 heavy (non-hydrogen) atoms. The summed E-state index contributed by atoms with van der Waals surface area (Å²) in [4.78, 5) is 26.1. The summed E-state index contributed by atoms with van der Waals surface area (Å²) in [5.74, 6) is 0.547. The van der Waals surface area contributed by atoms with Crippen molar-refractivity contribution < 1.29 is 5.11 Å². The molecule has 2 aromatic heterocycles. The third-order valence-electron chi connectivity index (χ3n) is 4.31. The minimum absolute atomic E-state index is 0.151. The first-order chi connectivity index (χ1) is 13.5. The van der Waals surface area contributed by atoms with Gasteiger partial charge >= 0.3 is 4.87 Å². The lowest BCUT2D eigenvalue weighted by molar-refractivity contribution is 0.455. The van der Waals surface area contributed by atoms with Crippen LogP contribution in [0.15, 0.2) is 45.8 Å². The molecule has 138 valence electrons. The maximum atomic E-state index is 11.3. The number of nitrogens with one attached hydrogen (secondary N) is 2. The first kappa shape index (κ1) is 17.2. The van der Waals surface area contributed by atoms with Gasteiger partial charge in [0, 0.05) is 10.8 Å². The largest absolute Gasteiger partial charge is 0.493 e. The Hall–Kier alpha value is -2.87. The molecule has 0 saturated heterocycles. The van der Waals surface area contributed by atoms with Crippen LogP contribution < -0.4 is 15.4 Å². The smallest absolute Gasteiger partial charge is 0.307 e. The molecule has 0 aliphatic carbocycles. The van der Waals surface area contributed by atoms with Crippen molar-refractivity contribution in [3.63, 3.8) is 0 Å². The van der Waals surface area contributed by atoms with Crippen LogP contribution in [0.3, 0.4) is 0 Å². The molecule has 0 atom stereocenters. The van der Waals surface area contributed by atoms with Gasteiger partial charge < -0.3 is 10.1 Å². The van der Waals surface area contributed by atoms with E-state index in [1.54, 1.807) is 18.2 Å². The van der Waals surface area contributed by atoms with E-state index in [9.17, 15) is 9.90 Å². The van der Waals surface area contributed by atoms with E-state index in [-0.39, 0.29) is 10.8 Å². The highest BCUT2D eigenvalue weighted by Gasteiger charge is 2.11. The summed E-state index contributed by atoms with van der Waals surface area (Å²) in [6, 6.07) is 9.27. The van der Waals surface area contributed by atoms with Gasteiger partial charge in [-0.1, -0.05) is 34.5 Å². The van der Waals surface area contributed by atoms with Gasteiger partial charge in [0.25, 0.3) is 0 Å². The average molecular weight is 429 g/mol. The summed E-state index contributed by atoms with van der Waals surface area (Å²) < 4.78 is 0. The van der Waals surface area contributed by atoms with Gasteiger partial charge in [-0.15, -0.1) is 0 Å². The van der Waals surface area contributed by atoms with Gasteiger partial charge in [0.05, 0.1) is 37.0 Å². The van der Waals surface area contributed by atoms with Gasteiger partial charge in [-0.05, 0) is 42.5 Å². The van der Waals surface area contributed by atoms with Crippen molar-refractivity contribution in [1.82, 2.24) is 15.0 Å². The number of aromatic hydroxyl groups is 1. The van der Waals surface area contributed by atoms with Crippen molar-refractivity contribution in [3.05, 3.63) is 71.2 Å². The fourth-order valence-electron chi connectivity index (χ4n) is 3.03. The molecule has 5 rings (SSSR count). The number of thiazole rings is 1. The van der Waals surface area contributed by atoms with Crippen LogP contribution in [0.25, 0.3) is 34.6 Å². The lowest BCUT2D eigenvalue weighted by Gasteiger charge is -1.95. The molecule has 9 heteroatoms. The predicted molar refractivity (Wildman–Crippen MR) is 111 cm³/mol. The number of fused-ring (bicyclic) bond motifs is 2. The highest BCUT2D eigenvalue weighted by Crippen LogP contribution is 2.28. The van der Waals surface area contributed by atoms with Gasteiger partial charge in [0.2, 0.25) is 5.88 Å². The average Bonchev–Trinajstić information content (AvgIpc) is 3.31. The second-order valence-corrected chi connectivity index (χ2v) is 8.02. The van der Waals surface area contributed by atoms with Crippen molar-refractivity contribution in [2.75, 3.05) is 0 Å². The van der Waals surface area contributed by atoms with E-state index in [0.29, 0.717) is 26.4 Å². The Bertz CT molecular complexity index is 1440. The summed E-state index contributed by atoms with van der Waals surface area (Å²) in [6.07, 6.45) is 3.56. The van der Waals surface area contributed by atoms with Crippen LogP contribution in [-0.4, -0.2) is 20.1 Å². The fourth-order valence-corrected chi connectivity index (χ4v) is 4.03. The van der Waals surface area contributed by atoms with Crippen LogP contribution in [0, 0.1) is 0 Å². The number of hydrogen-bond acceptors (Lipinski definition) is 5. The minimum Gasteiger partial charge on any atom is -0.493 e. The lowest BCUT2D eigenvalue weighted by atomic mass is 10.1. The van der Waals surface area contributed by atoms with Gasteiger partial charge in [-0.2, -0.15) is 0 Å². The third kappa shape index (κ3) is 2.93.